The lowest BCUT2D eigenvalue weighted by Gasteiger charge is -2.34. The summed E-state index contributed by atoms with van der Waals surface area (Å²) in [6, 6.07) is 1.21. The van der Waals surface area contributed by atoms with Gasteiger partial charge in [-0.3, -0.25) is 4.79 Å². The van der Waals surface area contributed by atoms with E-state index in [-0.39, 0.29) is 0 Å². The van der Waals surface area contributed by atoms with Gasteiger partial charge in [-0.15, -0.1) is 0 Å². The highest BCUT2D eigenvalue weighted by Gasteiger charge is 2.30. The average Bonchev–Trinajstić information content (AvgIpc) is 2.81. The summed E-state index contributed by atoms with van der Waals surface area (Å²) in [6.45, 7) is 8.57. The Hall–Kier alpha value is -0.570. The van der Waals surface area contributed by atoms with E-state index in [0.29, 0.717) is 24.4 Å². The van der Waals surface area contributed by atoms with E-state index in [9.17, 15) is 4.79 Å². The average molecular weight is 252 g/mol. The van der Waals surface area contributed by atoms with Crippen molar-refractivity contribution in [1.82, 2.24) is 10.2 Å². The normalized spacial score (nSPS) is 36.9. The highest BCUT2D eigenvalue weighted by molar-refractivity contribution is 5.76. The first kappa shape index (κ1) is 13.9. The zero-order chi connectivity index (χ0) is 13.1. The Kier molecular flexibility index (Phi) is 4.66. The van der Waals surface area contributed by atoms with Crippen molar-refractivity contribution < 1.29 is 4.79 Å². The number of amides is 1. The molecule has 0 unspecified atom stereocenters. The van der Waals surface area contributed by atoms with E-state index in [1.807, 2.05) is 11.8 Å². The molecule has 3 heteroatoms. The van der Waals surface area contributed by atoms with Gasteiger partial charge in [0.1, 0.15) is 0 Å². The number of likely N-dealkylation sites (tertiary alicyclic amines) is 1. The maximum atomic E-state index is 11.6. The van der Waals surface area contributed by atoms with Crippen LogP contribution in [0.3, 0.4) is 0 Å². The van der Waals surface area contributed by atoms with Gasteiger partial charge >= 0.3 is 0 Å². The summed E-state index contributed by atoms with van der Waals surface area (Å²) in [5, 5.41) is 3.78. The molecule has 1 amide bonds. The minimum Gasteiger partial charge on any atom is -0.341 e. The lowest BCUT2D eigenvalue weighted by molar-refractivity contribution is -0.129. The fourth-order valence-corrected chi connectivity index (χ4v) is 3.38. The molecule has 0 aromatic heterocycles. The quantitative estimate of drug-likeness (QED) is 0.836. The molecule has 4 atom stereocenters. The molecule has 18 heavy (non-hydrogen) atoms. The molecule has 2 rings (SSSR count). The Morgan fingerprint density at radius 3 is 2.61 bits per heavy atom. The lowest BCUT2D eigenvalue weighted by atomic mass is 9.79. The molecule has 104 valence electrons. The standard InChI is InChI=1S/C15H28N2O/c1-4-15(18)17-8-7-14(10-17)16-13-6-5-11(2)12(3)9-13/h11-14,16H,4-10H2,1-3H3/t11-,12+,13-,14+/m1/s1. The molecule has 1 aliphatic heterocycles. The number of hydrogen-bond acceptors (Lipinski definition) is 2. The minimum atomic E-state index is 0.310. The first-order valence-corrected chi connectivity index (χ1v) is 7.64. The maximum absolute atomic E-state index is 11.6. The summed E-state index contributed by atoms with van der Waals surface area (Å²) in [4.78, 5) is 13.7. The van der Waals surface area contributed by atoms with Gasteiger partial charge in [-0.05, 0) is 37.5 Å². The fraction of sp³-hybridized carbons (Fsp3) is 0.933. The Morgan fingerprint density at radius 2 is 1.94 bits per heavy atom. The van der Waals surface area contributed by atoms with Gasteiger partial charge < -0.3 is 10.2 Å². The molecule has 2 fully saturated rings. The molecular formula is C15H28N2O. The number of hydrogen-bond donors (Lipinski definition) is 1. The van der Waals surface area contributed by atoms with E-state index in [4.69, 9.17) is 0 Å². The van der Waals surface area contributed by atoms with Crippen molar-refractivity contribution >= 4 is 5.91 Å². The molecule has 0 bridgehead atoms. The number of carbonyl (C=O) groups is 1. The van der Waals surface area contributed by atoms with Crippen LogP contribution in [0.25, 0.3) is 0 Å². The molecule has 1 heterocycles. The Balaban J connectivity index is 1.76. The van der Waals surface area contributed by atoms with E-state index in [1.165, 1.54) is 19.3 Å². The van der Waals surface area contributed by atoms with Gasteiger partial charge in [-0.25, -0.2) is 0 Å². The Morgan fingerprint density at radius 1 is 1.17 bits per heavy atom. The van der Waals surface area contributed by atoms with Crippen molar-refractivity contribution in [3.05, 3.63) is 0 Å². The van der Waals surface area contributed by atoms with Gasteiger partial charge in [0, 0.05) is 31.6 Å². The van der Waals surface area contributed by atoms with Gasteiger partial charge in [-0.2, -0.15) is 0 Å². The Labute approximate surface area is 111 Å². The highest BCUT2D eigenvalue weighted by Crippen LogP contribution is 2.30. The van der Waals surface area contributed by atoms with Crippen molar-refractivity contribution in [2.24, 2.45) is 11.8 Å². The molecule has 0 aromatic rings. The summed E-state index contributed by atoms with van der Waals surface area (Å²) in [6.07, 6.45) is 5.74. The van der Waals surface area contributed by atoms with E-state index >= 15 is 0 Å². The van der Waals surface area contributed by atoms with Crippen molar-refractivity contribution in [3.63, 3.8) is 0 Å². The summed E-state index contributed by atoms with van der Waals surface area (Å²) in [5.74, 6) is 2.03. The van der Waals surface area contributed by atoms with Crippen molar-refractivity contribution in [1.29, 1.82) is 0 Å². The number of nitrogens with one attached hydrogen (secondary N) is 1. The van der Waals surface area contributed by atoms with Crippen LogP contribution in [0.1, 0.15) is 52.9 Å². The Bertz CT molecular complexity index is 292. The molecule has 3 nitrogen and oxygen atoms in total. The van der Waals surface area contributed by atoms with E-state index < -0.39 is 0 Å². The predicted octanol–water partition coefficient (Wildman–Crippen LogP) is 2.41. The smallest absolute Gasteiger partial charge is 0.222 e. The van der Waals surface area contributed by atoms with E-state index in [1.54, 1.807) is 0 Å². The third-order valence-corrected chi connectivity index (χ3v) is 4.91. The van der Waals surface area contributed by atoms with Crippen LogP contribution in [0.4, 0.5) is 0 Å². The van der Waals surface area contributed by atoms with Crippen LogP contribution in [0.15, 0.2) is 0 Å². The van der Waals surface area contributed by atoms with Gasteiger partial charge in [0.05, 0.1) is 0 Å². The second-order valence-corrected chi connectivity index (χ2v) is 6.31. The monoisotopic (exact) mass is 252 g/mol. The molecule has 0 radical (unpaired) electrons. The second-order valence-electron chi connectivity index (χ2n) is 6.31. The first-order chi connectivity index (χ1) is 8.60. The molecule has 1 saturated heterocycles. The van der Waals surface area contributed by atoms with E-state index in [0.717, 1.165) is 31.3 Å². The van der Waals surface area contributed by atoms with Crippen LogP contribution >= 0.6 is 0 Å². The predicted molar refractivity (Wildman–Crippen MR) is 74.4 cm³/mol. The van der Waals surface area contributed by atoms with Crippen LogP contribution in [-0.4, -0.2) is 36.0 Å². The molecule has 0 aromatic carbocycles. The van der Waals surface area contributed by atoms with Crippen LogP contribution in [0.2, 0.25) is 0 Å². The summed E-state index contributed by atoms with van der Waals surface area (Å²) in [7, 11) is 0. The minimum absolute atomic E-state index is 0.310. The van der Waals surface area contributed by atoms with Gasteiger partial charge in [0.15, 0.2) is 0 Å². The summed E-state index contributed by atoms with van der Waals surface area (Å²) >= 11 is 0. The summed E-state index contributed by atoms with van der Waals surface area (Å²) < 4.78 is 0. The largest absolute Gasteiger partial charge is 0.341 e. The second kappa shape index (κ2) is 6.05. The third kappa shape index (κ3) is 3.25. The number of rotatable bonds is 3. The highest BCUT2D eigenvalue weighted by atomic mass is 16.2. The summed E-state index contributed by atoms with van der Waals surface area (Å²) in [5.41, 5.74) is 0. The zero-order valence-electron chi connectivity index (χ0n) is 12.1. The molecule has 0 spiro atoms. The van der Waals surface area contributed by atoms with Crippen LogP contribution in [0, 0.1) is 11.8 Å². The van der Waals surface area contributed by atoms with Gasteiger partial charge in [-0.1, -0.05) is 20.8 Å². The zero-order valence-corrected chi connectivity index (χ0v) is 12.1. The molecule has 1 aliphatic carbocycles. The van der Waals surface area contributed by atoms with Crippen LogP contribution < -0.4 is 5.32 Å². The SMILES string of the molecule is CCC(=O)N1CC[C@H](N[C@@H]2CC[C@@H](C)[C@@H](C)C2)C1. The van der Waals surface area contributed by atoms with Crippen LogP contribution in [0.5, 0.6) is 0 Å². The number of carbonyl (C=O) groups excluding carboxylic acids is 1. The van der Waals surface area contributed by atoms with Crippen molar-refractivity contribution in [2.45, 2.75) is 65.0 Å². The van der Waals surface area contributed by atoms with Gasteiger partial charge in [0.2, 0.25) is 5.91 Å². The third-order valence-electron chi connectivity index (χ3n) is 4.91. The number of nitrogens with zero attached hydrogens (tertiary/aromatic N) is 1. The molecule has 1 saturated carbocycles. The van der Waals surface area contributed by atoms with Crippen molar-refractivity contribution in [2.75, 3.05) is 13.1 Å². The van der Waals surface area contributed by atoms with E-state index in [2.05, 4.69) is 19.2 Å². The topological polar surface area (TPSA) is 32.3 Å². The maximum Gasteiger partial charge on any atom is 0.222 e. The lowest BCUT2D eigenvalue weighted by Crippen LogP contribution is -2.44. The first-order valence-electron chi connectivity index (χ1n) is 7.64. The van der Waals surface area contributed by atoms with Crippen molar-refractivity contribution in [3.8, 4) is 0 Å². The van der Waals surface area contributed by atoms with Gasteiger partial charge in [0.25, 0.3) is 0 Å². The molecule has 2 aliphatic rings. The van der Waals surface area contributed by atoms with Crippen LogP contribution in [-0.2, 0) is 4.79 Å². The molecular weight excluding hydrogens is 224 g/mol. The molecule has 1 N–H and O–H groups in total. The fourth-order valence-electron chi connectivity index (χ4n) is 3.38.